The van der Waals surface area contributed by atoms with Crippen LogP contribution >= 0.6 is 79.7 Å². The first-order chi connectivity index (χ1) is 24.1. The van der Waals surface area contributed by atoms with Crippen molar-refractivity contribution in [3.8, 4) is 17.2 Å². The highest BCUT2D eigenvalue weighted by Gasteiger charge is 2.35. The van der Waals surface area contributed by atoms with Gasteiger partial charge in [-0.25, -0.2) is 9.79 Å². The Labute approximate surface area is 329 Å². The van der Waals surface area contributed by atoms with E-state index < -0.39 is 12.0 Å². The monoisotopic (exact) mass is 952 g/mol. The van der Waals surface area contributed by atoms with Crippen molar-refractivity contribution in [3.63, 3.8) is 0 Å². The summed E-state index contributed by atoms with van der Waals surface area (Å²) in [4.78, 5) is 33.6. The van der Waals surface area contributed by atoms with Crippen LogP contribution in [0.4, 0.5) is 0 Å². The lowest BCUT2D eigenvalue weighted by molar-refractivity contribution is -0.138. The van der Waals surface area contributed by atoms with Crippen LogP contribution in [0.1, 0.15) is 35.2 Å². The third-order valence-corrected chi connectivity index (χ3v) is 11.0. The van der Waals surface area contributed by atoms with Crippen molar-refractivity contribution in [2.45, 2.75) is 19.6 Å². The molecule has 0 bridgehead atoms. The standard InChI is InChI=1S/C37H28Cl2I2N2O6S/c1-4-48-36(45)31-32(21-8-6-5-7-9-21)42-37-43(33(31)22-11-13-28(46-2)29(17-22)47-3)35(44)30(50-37)16-20-14-26(40)34(27(41)15-20)49-19-23-10-12-24(38)18-25(23)39/h5-18,33H,4,19H2,1-3H3/b30-16-/t33-/m0/s1. The zero-order valence-corrected chi connectivity index (χ0v) is 33.5. The van der Waals surface area contributed by atoms with E-state index in [1.54, 1.807) is 42.9 Å². The van der Waals surface area contributed by atoms with Crippen LogP contribution in [0.2, 0.25) is 10.0 Å². The van der Waals surface area contributed by atoms with Crippen molar-refractivity contribution in [1.29, 1.82) is 0 Å². The molecule has 0 saturated carbocycles. The van der Waals surface area contributed by atoms with E-state index in [1.807, 2.05) is 60.7 Å². The van der Waals surface area contributed by atoms with Gasteiger partial charge in [-0.1, -0.05) is 77.0 Å². The quantitative estimate of drug-likeness (QED) is 0.104. The van der Waals surface area contributed by atoms with Crippen LogP contribution in [-0.4, -0.2) is 31.4 Å². The number of halogens is 4. The van der Waals surface area contributed by atoms with Gasteiger partial charge < -0.3 is 18.9 Å². The Bertz CT molecular complexity index is 2300. The minimum absolute atomic E-state index is 0.150. The SMILES string of the molecule is CCOC(=O)C1=C(c2ccccc2)N=c2s/c(=C\c3cc(I)c(OCc4ccc(Cl)cc4Cl)c(I)c3)c(=O)n2[C@H]1c1ccc(OC)c(OC)c1. The minimum Gasteiger partial charge on any atom is -0.493 e. The van der Waals surface area contributed by atoms with Crippen molar-refractivity contribution in [2.24, 2.45) is 4.99 Å². The van der Waals surface area contributed by atoms with E-state index in [2.05, 4.69) is 45.2 Å². The van der Waals surface area contributed by atoms with E-state index >= 15 is 0 Å². The van der Waals surface area contributed by atoms with Gasteiger partial charge in [0.05, 0.1) is 49.8 Å². The number of ether oxygens (including phenoxy) is 4. The molecule has 4 aromatic carbocycles. The lowest BCUT2D eigenvalue weighted by Crippen LogP contribution is -2.40. The van der Waals surface area contributed by atoms with Gasteiger partial charge in [0.25, 0.3) is 5.56 Å². The first-order valence-electron chi connectivity index (χ1n) is 15.2. The maximum absolute atomic E-state index is 14.4. The summed E-state index contributed by atoms with van der Waals surface area (Å²) in [6.45, 7) is 2.16. The third-order valence-electron chi connectivity index (χ3n) is 7.80. The van der Waals surface area contributed by atoms with Gasteiger partial charge in [-0.3, -0.25) is 9.36 Å². The number of thiazole rings is 1. The number of aromatic nitrogens is 1. The maximum atomic E-state index is 14.4. The van der Waals surface area contributed by atoms with Gasteiger partial charge in [-0.15, -0.1) is 0 Å². The van der Waals surface area contributed by atoms with E-state index in [-0.39, 0.29) is 24.3 Å². The normalized spacial score (nSPS) is 14.2. The molecule has 1 aliphatic heterocycles. The van der Waals surface area contributed by atoms with E-state index in [0.717, 1.165) is 23.8 Å². The predicted octanol–water partition coefficient (Wildman–Crippen LogP) is 8.05. The molecule has 0 spiro atoms. The average Bonchev–Trinajstić information content (AvgIpc) is 3.41. The highest BCUT2D eigenvalue weighted by atomic mass is 127. The molecule has 8 nitrogen and oxygen atoms in total. The molecule has 0 aliphatic carbocycles. The molecule has 0 fully saturated rings. The second-order valence-corrected chi connectivity index (χ2v) is 15.1. The molecular weight excluding hydrogens is 925 g/mol. The van der Waals surface area contributed by atoms with Crippen molar-refractivity contribution in [1.82, 2.24) is 4.57 Å². The predicted molar refractivity (Wildman–Crippen MR) is 213 cm³/mol. The van der Waals surface area contributed by atoms with Crippen molar-refractivity contribution in [3.05, 3.63) is 144 Å². The topological polar surface area (TPSA) is 88.4 Å². The number of rotatable bonds is 10. The molecule has 0 amide bonds. The van der Waals surface area contributed by atoms with Gasteiger partial charge in [0.15, 0.2) is 16.3 Å². The first-order valence-corrected chi connectivity index (χ1v) is 18.9. The molecule has 50 heavy (non-hydrogen) atoms. The molecule has 1 atom stereocenters. The summed E-state index contributed by atoms with van der Waals surface area (Å²) in [6.07, 6.45) is 1.83. The first kappa shape index (κ1) is 36.4. The fourth-order valence-corrected chi connectivity index (χ4v) is 9.11. The minimum atomic E-state index is -0.863. The van der Waals surface area contributed by atoms with Crippen molar-refractivity contribution >= 4 is 97.5 Å². The Kier molecular flexibility index (Phi) is 11.6. The lowest BCUT2D eigenvalue weighted by Gasteiger charge is -2.26. The molecule has 0 saturated heterocycles. The van der Waals surface area contributed by atoms with Crippen LogP contribution in [0.3, 0.4) is 0 Å². The van der Waals surface area contributed by atoms with E-state index in [1.165, 1.54) is 18.4 Å². The number of carbonyl (C=O) groups excluding carboxylic acids is 1. The number of hydrogen-bond donors (Lipinski definition) is 0. The zero-order chi connectivity index (χ0) is 35.5. The molecule has 6 rings (SSSR count). The van der Waals surface area contributed by atoms with Gasteiger partial charge >= 0.3 is 5.97 Å². The highest BCUT2D eigenvalue weighted by molar-refractivity contribution is 14.1. The molecule has 1 aliphatic rings. The van der Waals surface area contributed by atoms with E-state index in [4.69, 9.17) is 47.1 Å². The molecule has 256 valence electrons. The Morgan fingerprint density at radius 3 is 2.34 bits per heavy atom. The van der Waals surface area contributed by atoms with Gasteiger partial charge in [-0.2, -0.15) is 0 Å². The summed E-state index contributed by atoms with van der Waals surface area (Å²) < 4.78 is 26.6. The number of nitrogens with zero attached hydrogens (tertiary/aromatic N) is 2. The van der Waals surface area contributed by atoms with Crippen LogP contribution in [-0.2, 0) is 16.1 Å². The number of esters is 1. The van der Waals surface area contributed by atoms with Gasteiger partial charge in [0.2, 0.25) is 0 Å². The summed E-state index contributed by atoms with van der Waals surface area (Å²) in [6, 6.07) is 23.1. The summed E-state index contributed by atoms with van der Waals surface area (Å²) in [5.41, 5.74) is 3.35. The Balaban J connectivity index is 1.49. The fourth-order valence-electron chi connectivity index (χ4n) is 5.52. The summed E-state index contributed by atoms with van der Waals surface area (Å²) >= 11 is 18.1. The molecule has 13 heteroatoms. The summed E-state index contributed by atoms with van der Waals surface area (Å²) in [5.74, 6) is 1.11. The number of methoxy groups -OCH3 is 2. The highest BCUT2D eigenvalue weighted by Crippen LogP contribution is 2.38. The molecule has 0 unspecified atom stereocenters. The van der Waals surface area contributed by atoms with Crippen LogP contribution in [0, 0.1) is 7.14 Å². The molecule has 5 aromatic rings. The zero-order valence-electron chi connectivity index (χ0n) is 26.8. The Morgan fingerprint density at radius 1 is 0.960 bits per heavy atom. The Morgan fingerprint density at radius 2 is 1.68 bits per heavy atom. The molecule has 0 radical (unpaired) electrons. The lowest BCUT2D eigenvalue weighted by atomic mass is 9.93. The second-order valence-electron chi connectivity index (χ2n) is 10.9. The maximum Gasteiger partial charge on any atom is 0.338 e. The number of benzene rings is 4. The number of hydrogen-bond acceptors (Lipinski definition) is 8. The third kappa shape index (κ3) is 7.47. The molecule has 0 N–H and O–H groups in total. The van der Waals surface area contributed by atoms with Crippen molar-refractivity contribution < 1.29 is 23.7 Å². The van der Waals surface area contributed by atoms with E-state index in [9.17, 15) is 9.59 Å². The summed E-state index contributed by atoms with van der Waals surface area (Å²) in [5, 5.41) is 1.09. The van der Waals surface area contributed by atoms with Crippen LogP contribution in [0.15, 0.2) is 94.2 Å². The van der Waals surface area contributed by atoms with Gasteiger partial charge in [-0.05, 0) is 106 Å². The molecule has 1 aromatic heterocycles. The molecule has 2 heterocycles. The fraction of sp³-hybridized carbons (Fsp3) is 0.162. The van der Waals surface area contributed by atoms with Crippen LogP contribution in [0.5, 0.6) is 17.2 Å². The smallest absolute Gasteiger partial charge is 0.338 e. The summed E-state index contributed by atoms with van der Waals surface area (Å²) in [7, 11) is 3.09. The van der Waals surface area contributed by atoms with Gasteiger partial charge in [0.1, 0.15) is 12.4 Å². The van der Waals surface area contributed by atoms with Crippen LogP contribution < -0.4 is 29.1 Å². The number of carbonyl (C=O) groups is 1. The second kappa shape index (κ2) is 15.9. The molecular formula is C37H28Cl2I2N2O6S. The Hall–Kier alpha value is -3.37. The average molecular weight is 953 g/mol. The number of fused-ring (bicyclic) bond motifs is 1. The van der Waals surface area contributed by atoms with Gasteiger partial charge in [0, 0.05) is 21.2 Å². The van der Waals surface area contributed by atoms with Crippen LogP contribution in [0.25, 0.3) is 11.8 Å². The largest absolute Gasteiger partial charge is 0.493 e. The van der Waals surface area contributed by atoms with Crippen molar-refractivity contribution in [2.75, 3.05) is 20.8 Å². The van der Waals surface area contributed by atoms with E-state index in [0.29, 0.717) is 47.9 Å².